The van der Waals surface area contributed by atoms with Crippen LogP contribution in [0.15, 0.2) is 55.1 Å². The van der Waals surface area contributed by atoms with Crippen molar-refractivity contribution >= 4 is 22.3 Å². The summed E-state index contributed by atoms with van der Waals surface area (Å²) in [6.07, 6.45) is 0.0124. The Bertz CT molecular complexity index is 1320. The molecular weight excluding hydrogens is 431 g/mol. The highest BCUT2D eigenvalue weighted by atomic mass is 19.4. The molecule has 10 heteroatoms. The topological polar surface area (TPSA) is 84.9 Å². The number of rotatable bonds is 4. The van der Waals surface area contributed by atoms with Crippen LogP contribution in [0, 0.1) is 6.92 Å². The van der Waals surface area contributed by atoms with Gasteiger partial charge in [-0.3, -0.25) is 0 Å². The number of halogens is 3. The molecule has 2 aromatic carbocycles. The normalized spacial score (nSPS) is 14.9. The molecule has 0 fully saturated rings. The number of imidazole rings is 1. The fraction of sp³-hybridized carbons (Fsp3) is 0.261. The van der Waals surface area contributed by atoms with Gasteiger partial charge in [-0.15, -0.1) is 5.10 Å². The largest absolute Gasteiger partial charge is 0.416 e. The maximum Gasteiger partial charge on any atom is 0.416 e. The van der Waals surface area contributed by atoms with Gasteiger partial charge in [-0.05, 0) is 36.2 Å². The second kappa shape index (κ2) is 8.04. The molecule has 0 unspecified atom stereocenters. The van der Waals surface area contributed by atoms with E-state index in [1.807, 2.05) is 30.7 Å². The molecule has 3 heterocycles. The molecule has 5 rings (SSSR count). The number of fused-ring (bicyclic) bond motifs is 2. The second-order valence-corrected chi connectivity index (χ2v) is 8.10. The Morgan fingerprint density at radius 3 is 2.79 bits per heavy atom. The second-order valence-electron chi connectivity index (χ2n) is 8.10. The van der Waals surface area contributed by atoms with Crippen LogP contribution in [0.25, 0.3) is 10.8 Å². The Morgan fingerprint density at radius 2 is 1.97 bits per heavy atom. The summed E-state index contributed by atoms with van der Waals surface area (Å²) in [4.78, 5) is 6.46. The summed E-state index contributed by atoms with van der Waals surface area (Å²) in [5, 5.41) is 12.9. The first-order chi connectivity index (χ1) is 15.8. The smallest absolute Gasteiger partial charge is 0.364 e. The standard InChI is InChI=1S/C23H22F3N7/c1-14-18(3-2-4-20(14)23(24,25)26)21(27)30-22-19-9-16(6-5-15(19)10-29-31-22)32-7-8-33-13-28-11-17(33)12-32/h2-6,9-11,13,21H,7-8,12,27H2,1H3,(H,30,31)/t21-/m0/s1. The zero-order valence-electron chi connectivity index (χ0n) is 17.8. The lowest BCUT2D eigenvalue weighted by Gasteiger charge is -2.30. The van der Waals surface area contributed by atoms with Crippen molar-refractivity contribution in [1.82, 2.24) is 19.7 Å². The van der Waals surface area contributed by atoms with Crippen molar-refractivity contribution < 1.29 is 13.2 Å². The first-order valence-electron chi connectivity index (χ1n) is 10.5. The van der Waals surface area contributed by atoms with E-state index < -0.39 is 17.9 Å². The predicted octanol–water partition coefficient (Wildman–Crippen LogP) is 4.24. The van der Waals surface area contributed by atoms with E-state index in [4.69, 9.17) is 5.73 Å². The molecule has 4 aromatic rings. The molecule has 1 atom stereocenters. The quantitative estimate of drug-likeness (QED) is 0.450. The summed E-state index contributed by atoms with van der Waals surface area (Å²) in [5.74, 6) is 0.417. The summed E-state index contributed by atoms with van der Waals surface area (Å²) < 4.78 is 42.1. The first-order valence-corrected chi connectivity index (χ1v) is 10.5. The molecule has 170 valence electrons. The average Bonchev–Trinajstić information content (AvgIpc) is 3.26. The fourth-order valence-electron chi connectivity index (χ4n) is 4.30. The van der Waals surface area contributed by atoms with Crippen LogP contribution in [0.1, 0.15) is 28.6 Å². The molecule has 0 amide bonds. The average molecular weight is 453 g/mol. The third kappa shape index (κ3) is 3.97. The molecule has 0 saturated heterocycles. The number of nitrogens with zero attached hydrogens (tertiary/aromatic N) is 5. The lowest BCUT2D eigenvalue weighted by atomic mass is 10.00. The van der Waals surface area contributed by atoms with Crippen molar-refractivity contribution in [2.24, 2.45) is 5.73 Å². The molecule has 0 aliphatic carbocycles. The predicted molar refractivity (Wildman–Crippen MR) is 120 cm³/mol. The zero-order chi connectivity index (χ0) is 23.2. The highest BCUT2D eigenvalue weighted by Gasteiger charge is 2.33. The van der Waals surface area contributed by atoms with Gasteiger partial charge in [-0.25, -0.2) is 4.98 Å². The zero-order valence-corrected chi connectivity index (χ0v) is 17.8. The first kappa shape index (κ1) is 21.2. The van der Waals surface area contributed by atoms with Gasteiger partial charge >= 0.3 is 6.18 Å². The minimum atomic E-state index is -4.45. The van der Waals surface area contributed by atoms with E-state index >= 15 is 0 Å². The lowest BCUT2D eigenvalue weighted by molar-refractivity contribution is -0.138. The van der Waals surface area contributed by atoms with E-state index in [0.29, 0.717) is 11.4 Å². The van der Waals surface area contributed by atoms with Crippen molar-refractivity contribution in [1.29, 1.82) is 0 Å². The van der Waals surface area contributed by atoms with Gasteiger partial charge in [0.05, 0.1) is 30.3 Å². The molecule has 33 heavy (non-hydrogen) atoms. The maximum atomic E-state index is 13.3. The van der Waals surface area contributed by atoms with E-state index in [1.54, 1.807) is 12.3 Å². The van der Waals surface area contributed by atoms with Crippen LogP contribution in [0.3, 0.4) is 0 Å². The van der Waals surface area contributed by atoms with Gasteiger partial charge in [0.15, 0.2) is 5.82 Å². The van der Waals surface area contributed by atoms with Crippen molar-refractivity contribution in [2.45, 2.75) is 32.4 Å². The van der Waals surface area contributed by atoms with Gasteiger partial charge in [0, 0.05) is 35.7 Å². The van der Waals surface area contributed by atoms with Crippen LogP contribution < -0.4 is 16.0 Å². The molecule has 0 saturated carbocycles. The Balaban J connectivity index is 1.46. The summed E-state index contributed by atoms with van der Waals surface area (Å²) in [7, 11) is 0. The number of nitrogens with two attached hydrogens (primary N) is 1. The number of nitrogens with one attached hydrogen (secondary N) is 1. The number of aromatic nitrogens is 4. The van der Waals surface area contributed by atoms with Crippen molar-refractivity contribution in [3.05, 3.63) is 77.5 Å². The van der Waals surface area contributed by atoms with Gasteiger partial charge in [0.2, 0.25) is 0 Å². The van der Waals surface area contributed by atoms with Crippen LogP contribution in [0.4, 0.5) is 24.7 Å². The third-order valence-electron chi connectivity index (χ3n) is 6.08. The minimum Gasteiger partial charge on any atom is -0.364 e. The fourth-order valence-corrected chi connectivity index (χ4v) is 4.30. The molecule has 0 spiro atoms. The molecule has 1 aliphatic heterocycles. The Kier molecular flexibility index (Phi) is 5.16. The van der Waals surface area contributed by atoms with Crippen molar-refractivity contribution in [2.75, 3.05) is 16.8 Å². The Labute approximate surface area is 188 Å². The summed E-state index contributed by atoms with van der Waals surface area (Å²) in [6.45, 7) is 3.83. The third-order valence-corrected chi connectivity index (χ3v) is 6.08. The number of anilines is 2. The van der Waals surface area contributed by atoms with Crippen LogP contribution >= 0.6 is 0 Å². The van der Waals surface area contributed by atoms with Gasteiger partial charge in [-0.1, -0.05) is 18.2 Å². The summed E-state index contributed by atoms with van der Waals surface area (Å²) in [6, 6.07) is 9.99. The highest BCUT2D eigenvalue weighted by molar-refractivity contribution is 5.93. The van der Waals surface area contributed by atoms with Crippen LogP contribution in [0.2, 0.25) is 0 Å². The van der Waals surface area contributed by atoms with Gasteiger partial charge in [-0.2, -0.15) is 18.3 Å². The van der Waals surface area contributed by atoms with Gasteiger partial charge < -0.3 is 20.5 Å². The summed E-state index contributed by atoms with van der Waals surface area (Å²) >= 11 is 0. The Morgan fingerprint density at radius 1 is 1.12 bits per heavy atom. The number of alkyl halides is 3. The van der Waals surface area contributed by atoms with E-state index in [-0.39, 0.29) is 5.56 Å². The lowest BCUT2D eigenvalue weighted by Crippen LogP contribution is -2.33. The van der Waals surface area contributed by atoms with Crippen LogP contribution in [-0.2, 0) is 19.3 Å². The number of hydrogen-bond acceptors (Lipinski definition) is 6. The van der Waals surface area contributed by atoms with E-state index in [2.05, 4.69) is 30.0 Å². The molecule has 0 bridgehead atoms. The molecule has 1 aliphatic rings. The molecule has 3 N–H and O–H groups in total. The van der Waals surface area contributed by atoms with Crippen LogP contribution in [-0.4, -0.2) is 26.3 Å². The van der Waals surface area contributed by atoms with E-state index in [9.17, 15) is 13.2 Å². The monoisotopic (exact) mass is 453 g/mol. The molecule has 0 radical (unpaired) electrons. The summed E-state index contributed by atoms with van der Waals surface area (Å²) in [5.41, 5.74) is 8.17. The van der Waals surface area contributed by atoms with E-state index in [0.717, 1.165) is 47.9 Å². The molecular formula is C23H22F3N7. The van der Waals surface area contributed by atoms with Crippen molar-refractivity contribution in [3.63, 3.8) is 0 Å². The van der Waals surface area contributed by atoms with Gasteiger partial charge in [0.1, 0.15) is 6.17 Å². The molecule has 2 aromatic heterocycles. The van der Waals surface area contributed by atoms with Crippen molar-refractivity contribution in [3.8, 4) is 0 Å². The van der Waals surface area contributed by atoms with Gasteiger partial charge in [0.25, 0.3) is 0 Å². The highest BCUT2D eigenvalue weighted by Crippen LogP contribution is 2.35. The molecule has 7 nitrogen and oxygen atoms in total. The number of hydrogen-bond donors (Lipinski definition) is 2. The number of benzene rings is 2. The minimum absolute atomic E-state index is 0.0869. The van der Waals surface area contributed by atoms with Crippen LogP contribution in [0.5, 0.6) is 0 Å². The SMILES string of the molecule is Cc1c([C@@H](N)Nc2nncc3ccc(N4CCn5cncc5C4)cc23)cccc1C(F)(F)F. The Hall–Kier alpha value is -3.66. The maximum absolute atomic E-state index is 13.3. The van der Waals surface area contributed by atoms with E-state index in [1.165, 1.54) is 13.0 Å².